The number of carbonyl (C=O) groups excluding carboxylic acids is 1. The summed E-state index contributed by atoms with van der Waals surface area (Å²) in [5, 5.41) is 7.94. The molecule has 1 aliphatic rings. The molecule has 2 aromatic heterocycles. The molecule has 0 unspecified atom stereocenters. The molecule has 7 heteroatoms. The first-order valence-corrected chi connectivity index (χ1v) is 8.87. The molecule has 0 bridgehead atoms. The van der Waals surface area contributed by atoms with Crippen molar-refractivity contribution in [3.05, 3.63) is 24.0 Å². The molecular formula is C18H27N5O2. The summed E-state index contributed by atoms with van der Waals surface area (Å²) in [7, 11) is 0. The minimum Gasteiger partial charge on any atom is -0.366 e. The molecule has 0 aliphatic carbocycles. The lowest BCUT2D eigenvalue weighted by Gasteiger charge is -2.25. The molecule has 1 amide bonds. The molecule has 25 heavy (non-hydrogen) atoms. The van der Waals surface area contributed by atoms with Crippen molar-refractivity contribution in [3.8, 4) is 0 Å². The van der Waals surface area contributed by atoms with Crippen molar-refractivity contribution in [2.75, 3.05) is 25.0 Å². The third-order valence-corrected chi connectivity index (χ3v) is 4.77. The zero-order valence-corrected chi connectivity index (χ0v) is 15.5. The number of carbonyl (C=O) groups is 1. The molecular weight excluding hydrogens is 318 g/mol. The highest BCUT2D eigenvalue weighted by Gasteiger charge is 2.27. The number of imidazole rings is 1. The lowest BCUT2D eigenvalue weighted by molar-refractivity contribution is -0.140. The van der Waals surface area contributed by atoms with Crippen LogP contribution in [-0.2, 0) is 9.53 Å². The van der Waals surface area contributed by atoms with Gasteiger partial charge < -0.3 is 15.0 Å². The summed E-state index contributed by atoms with van der Waals surface area (Å²) in [6.45, 7) is 9.60. The molecule has 3 heterocycles. The van der Waals surface area contributed by atoms with Crippen LogP contribution in [0, 0.1) is 6.92 Å². The normalized spacial score (nSPS) is 18.1. The Morgan fingerprint density at radius 2 is 2.24 bits per heavy atom. The van der Waals surface area contributed by atoms with Crippen molar-refractivity contribution >= 4 is 17.4 Å². The van der Waals surface area contributed by atoms with E-state index < -0.39 is 0 Å². The van der Waals surface area contributed by atoms with Gasteiger partial charge in [0.1, 0.15) is 12.4 Å². The van der Waals surface area contributed by atoms with E-state index >= 15 is 0 Å². The topological polar surface area (TPSA) is 71.8 Å². The van der Waals surface area contributed by atoms with E-state index in [1.807, 2.05) is 44.0 Å². The fraction of sp³-hybridized carbons (Fsp3) is 0.611. The van der Waals surface area contributed by atoms with Crippen molar-refractivity contribution in [2.24, 2.45) is 0 Å². The Kier molecular flexibility index (Phi) is 4.94. The molecule has 1 aliphatic heterocycles. The van der Waals surface area contributed by atoms with Crippen LogP contribution in [0.15, 0.2) is 18.3 Å². The van der Waals surface area contributed by atoms with Gasteiger partial charge in [-0.05, 0) is 45.7 Å². The van der Waals surface area contributed by atoms with Gasteiger partial charge in [-0.3, -0.25) is 4.79 Å². The van der Waals surface area contributed by atoms with Crippen LogP contribution < -0.4 is 5.32 Å². The van der Waals surface area contributed by atoms with Gasteiger partial charge in [-0.1, -0.05) is 6.92 Å². The molecule has 1 atom stereocenters. The summed E-state index contributed by atoms with van der Waals surface area (Å²) in [4.78, 5) is 18.6. The average molecular weight is 345 g/mol. The van der Waals surface area contributed by atoms with Crippen LogP contribution in [0.3, 0.4) is 0 Å². The van der Waals surface area contributed by atoms with E-state index in [9.17, 15) is 4.79 Å². The Morgan fingerprint density at radius 3 is 3.00 bits per heavy atom. The van der Waals surface area contributed by atoms with Gasteiger partial charge in [0.15, 0.2) is 5.65 Å². The predicted molar refractivity (Wildman–Crippen MR) is 96.7 cm³/mol. The van der Waals surface area contributed by atoms with Gasteiger partial charge in [-0.15, -0.1) is 5.10 Å². The van der Waals surface area contributed by atoms with Gasteiger partial charge in [0.05, 0.1) is 17.5 Å². The number of fused-ring (bicyclic) bond motifs is 1. The Morgan fingerprint density at radius 1 is 1.44 bits per heavy atom. The Balaban J connectivity index is 1.54. The highest BCUT2D eigenvalue weighted by Crippen LogP contribution is 2.17. The van der Waals surface area contributed by atoms with Gasteiger partial charge in [-0.25, -0.2) is 9.50 Å². The van der Waals surface area contributed by atoms with Crippen LogP contribution >= 0.6 is 0 Å². The molecule has 1 fully saturated rings. The summed E-state index contributed by atoms with van der Waals surface area (Å²) < 4.78 is 7.50. The molecule has 3 rings (SSSR count). The number of hydrogen-bond donors (Lipinski definition) is 1. The fourth-order valence-electron chi connectivity index (χ4n) is 2.84. The number of rotatable bonds is 6. The van der Waals surface area contributed by atoms with E-state index in [4.69, 9.17) is 4.74 Å². The van der Waals surface area contributed by atoms with Crippen LogP contribution in [0.25, 0.3) is 5.65 Å². The van der Waals surface area contributed by atoms with Gasteiger partial charge in [-0.2, -0.15) is 0 Å². The lowest BCUT2D eigenvalue weighted by Crippen LogP contribution is -2.37. The number of aromatic nitrogens is 3. The van der Waals surface area contributed by atoms with E-state index in [-0.39, 0.29) is 24.2 Å². The number of likely N-dealkylation sites (tertiary alicyclic amines) is 1. The molecule has 136 valence electrons. The number of nitrogens with zero attached hydrogens (tertiary/aromatic N) is 4. The van der Waals surface area contributed by atoms with Crippen molar-refractivity contribution in [2.45, 2.75) is 52.2 Å². The number of aryl methyl sites for hydroxylation is 1. The van der Waals surface area contributed by atoms with E-state index in [1.54, 1.807) is 4.52 Å². The van der Waals surface area contributed by atoms with Crippen LogP contribution in [-0.4, -0.2) is 56.7 Å². The van der Waals surface area contributed by atoms with E-state index in [0.717, 1.165) is 36.5 Å². The number of ether oxygens (including phenoxy) is 1. The third-order valence-electron chi connectivity index (χ3n) is 4.77. The SMILES string of the molecule is CCC(C)(C)OCC(=O)N1CC[C@H](Nc2ccc3nc(C)cn3n2)C1. The molecule has 1 N–H and O–H groups in total. The van der Waals surface area contributed by atoms with Gasteiger partial charge in [0, 0.05) is 19.1 Å². The van der Waals surface area contributed by atoms with E-state index in [2.05, 4.69) is 22.3 Å². The molecule has 0 saturated carbocycles. The quantitative estimate of drug-likeness (QED) is 0.869. The zero-order chi connectivity index (χ0) is 18.0. The Hall–Kier alpha value is -2.15. The first-order chi connectivity index (χ1) is 11.9. The molecule has 2 aromatic rings. The second-order valence-corrected chi connectivity index (χ2v) is 7.28. The second kappa shape index (κ2) is 7.00. The summed E-state index contributed by atoms with van der Waals surface area (Å²) in [6, 6.07) is 4.08. The van der Waals surface area contributed by atoms with E-state index in [1.165, 1.54) is 0 Å². The molecule has 0 spiro atoms. The van der Waals surface area contributed by atoms with Crippen LogP contribution in [0.1, 0.15) is 39.3 Å². The molecule has 0 radical (unpaired) electrons. The standard InChI is InChI=1S/C18H27N5O2/c1-5-18(3,4)25-12-17(24)22-9-8-14(11-22)20-15-6-7-16-19-13(2)10-23(16)21-15/h6-7,10,14H,5,8-9,11-12H2,1-4H3,(H,20,21)/t14-/m0/s1. The maximum atomic E-state index is 12.3. The highest BCUT2D eigenvalue weighted by molar-refractivity contribution is 5.78. The Labute approximate surface area is 148 Å². The minimum absolute atomic E-state index is 0.0551. The molecule has 0 aromatic carbocycles. The van der Waals surface area contributed by atoms with Crippen molar-refractivity contribution < 1.29 is 9.53 Å². The third kappa shape index (κ3) is 4.28. The van der Waals surface area contributed by atoms with Crippen LogP contribution in [0.4, 0.5) is 5.82 Å². The van der Waals surface area contributed by atoms with E-state index in [0.29, 0.717) is 6.54 Å². The number of anilines is 1. The minimum atomic E-state index is -0.255. The zero-order valence-electron chi connectivity index (χ0n) is 15.5. The van der Waals surface area contributed by atoms with Crippen molar-refractivity contribution in [1.82, 2.24) is 19.5 Å². The summed E-state index contributed by atoms with van der Waals surface area (Å²) >= 11 is 0. The Bertz CT molecular complexity index is 755. The lowest BCUT2D eigenvalue weighted by atomic mass is 10.1. The summed E-state index contributed by atoms with van der Waals surface area (Å²) in [5.41, 5.74) is 1.52. The van der Waals surface area contributed by atoms with Crippen LogP contribution in [0.5, 0.6) is 0 Å². The number of amides is 1. The van der Waals surface area contributed by atoms with Crippen LogP contribution in [0.2, 0.25) is 0 Å². The maximum Gasteiger partial charge on any atom is 0.248 e. The smallest absolute Gasteiger partial charge is 0.248 e. The van der Waals surface area contributed by atoms with Gasteiger partial charge >= 0.3 is 0 Å². The fourth-order valence-corrected chi connectivity index (χ4v) is 2.84. The predicted octanol–water partition coefficient (Wildman–Crippen LogP) is 2.26. The highest BCUT2D eigenvalue weighted by atomic mass is 16.5. The summed E-state index contributed by atoms with van der Waals surface area (Å²) in [5.74, 6) is 0.854. The second-order valence-electron chi connectivity index (χ2n) is 7.28. The van der Waals surface area contributed by atoms with Crippen molar-refractivity contribution in [3.63, 3.8) is 0 Å². The molecule has 1 saturated heterocycles. The maximum absolute atomic E-state index is 12.3. The monoisotopic (exact) mass is 345 g/mol. The first kappa shape index (κ1) is 17.7. The van der Waals surface area contributed by atoms with Gasteiger partial charge in [0.2, 0.25) is 5.91 Å². The largest absolute Gasteiger partial charge is 0.366 e. The van der Waals surface area contributed by atoms with Crippen molar-refractivity contribution in [1.29, 1.82) is 0 Å². The number of hydrogen-bond acceptors (Lipinski definition) is 5. The van der Waals surface area contributed by atoms with Gasteiger partial charge in [0.25, 0.3) is 0 Å². The summed E-state index contributed by atoms with van der Waals surface area (Å²) in [6.07, 6.45) is 3.69. The first-order valence-electron chi connectivity index (χ1n) is 8.87. The molecule has 7 nitrogen and oxygen atoms in total. The number of nitrogens with one attached hydrogen (secondary N) is 1. The average Bonchev–Trinajstić information content (AvgIpc) is 3.18.